The van der Waals surface area contributed by atoms with E-state index in [9.17, 15) is 0 Å². The van der Waals surface area contributed by atoms with Crippen molar-refractivity contribution in [2.75, 3.05) is 0 Å². The highest BCUT2D eigenvalue weighted by Gasteiger charge is 1.96. The van der Waals surface area contributed by atoms with Crippen molar-refractivity contribution in [1.29, 1.82) is 0 Å². The fraction of sp³-hybridized carbons (Fsp3) is 0.167. The maximum absolute atomic E-state index is 8.31. The number of halogens is 1. The molecule has 4 heteroatoms. The first-order valence-electron chi connectivity index (χ1n) is 2.81. The molecule has 1 aromatic heterocycles. The summed E-state index contributed by atoms with van der Waals surface area (Å²) in [6.45, 7) is 0.326. The Labute approximate surface area is 63.6 Å². The molecule has 0 aromatic carbocycles. The molecule has 0 spiro atoms. The molecule has 0 radical (unpaired) electrons. The third kappa shape index (κ3) is 1.67. The summed E-state index contributed by atoms with van der Waals surface area (Å²) in [7, 11) is 0. The van der Waals surface area contributed by atoms with Crippen LogP contribution in [-0.4, -0.2) is 10.2 Å². The van der Waals surface area contributed by atoms with Gasteiger partial charge in [0.25, 0.3) is 0 Å². The van der Waals surface area contributed by atoms with Crippen molar-refractivity contribution in [1.82, 2.24) is 10.5 Å². The third-order valence-electron chi connectivity index (χ3n) is 1.11. The van der Waals surface area contributed by atoms with E-state index in [1.165, 1.54) is 0 Å². The van der Waals surface area contributed by atoms with Crippen LogP contribution in [0.15, 0.2) is 18.3 Å². The molecule has 1 aromatic rings. The van der Waals surface area contributed by atoms with Crippen LogP contribution < -0.4 is 5.48 Å². The second-order valence-corrected chi connectivity index (χ2v) is 2.15. The highest BCUT2D eigenvalue weighted by atomic mass is 35.5. The van der Waals surface area contributed by atoms with Crippen LogP contribution >= 0.6 is 11.6 Å². The molecule has 0 aliphatic carbocycles. The molecule has 1 rings (SSSR count). The van der Waals surface area contributed by atoms with Crippen LogP contribution in [0.3, 0.4) is 0 Å². The number of hydrogen-bond donors (Lipinski definition) is 2. The van der Waals surface area contributed by atoms with Crippen LogP contribution in [0.5, 0.6) is 0 Å². The predicted molar refractivity (Wildman–Crippen MR) is 37.9 cm³/mol. The largest absolute Gasteiger partial charge is 0.316 e. The zero-order valence-corrected chi connectivity index (χ0v) is 5.97. The summed E-state index contributed by atoms with van der Waals surface area (Å²) in [6.07, 6.45) is 1.60. The number of hydroxylamine groups is 1. The van der Waals surface area contributed by atoms with Gasteiger partial charge < -0.3 is 5.21 Å². The van der Waals surface area contributed by atoms with E-state index in [0.717, 1.165) is 5.56 Å². The summed E-state index contributed by atoms with van der Waals surface area (Å²) in [5, 5.41) is 8.73. The lowest BCUT2D eigenvalue weighted by Gasteiger charge is -1.98. The zero-order chi connectivity index (χ0) is 7.40. The molecule has 0 fully saturated rings. The van der Waals surface area contributed by atoms with E-state index in [-0.39, 0.29) is 0 Å². The number of rotatable bonds is 2. The second kappa shape index (κ2) is 3.51. The summed E-state index contributed by atoms with van der Waals surface area (Å²) >= 11 is 5.64. The van der Waals surface area contributed by atoms with Crippen molar-refractivity contribution in [3.63, 3.8) is 0 Å². The summed E-state index contributed by atoms with van der Waals surface area (Å²) in [4.78, 5) is 3.81. The molecule has 2 N–H and O–H groups in total. The van der Waals surface area contributed by atoms with Crippen LogP contribution in [-0.2, 0) is 6.54 Å². The Balaban J connectivity index is 2.81. The van der Waals surface area contributed by atoms with Crippen LogP contribution in [0.2, 0.25) is 5.15 Å². The Morgan fingerprint density at radius 3 is 3.10 bits per heavy atom. The van der Waals surface area contributed by atoms with Gasteiger partial charge in [-0.05, 0) is 6.07 Å². The summed E-state index contributed by atoms with van der Waals surface area (Å²) in [5.74, 6) is 0. The van der Waals surface area contributed by atoms with Crippen LogP contribution in [0.4, 0.5) is 0 Å². The van der Waals surface area contributed by atoms with Gasteiger partial charge in [-0.15, -0.1) is 0 Å². The molecule has 3 nitrogen and oxygen atoms in total. The second-order valence-electron chi connectivity index (χ2n) is 1.79. The van der Waals surface area contributed by atoms with Gasteiger partial charge in [0.2, 0.25) is 0 Å². The lowest BCUT2D eigenvalue weighted by Crippen LogP contribution is -2.06. The SMILES string of the molecule is ONCc1cccnc1Cl. The third-order valence-corrected chi connectivity index (χ3v) is 1.45. The van der Waals surface area contributed by atoms with Crippen molar-refractivity contribution in [3.05, 3.63) is 29.0 Å². The molecule has 54 valence electrons. The lowest BCUT2D eigenvalue weighted by molar-refractivity contribution is 0.161. The molecule has 0 aliphatic heterocycles. The minimum absolute atomic E-state index is 0.326. The van der Waals surface area contributed by atoms with E-state index in [4.69, 9.17) is 16.8 Å². The van der Waals surface area contributed by atoms with Gasteiger partial charge in [0.1, 0.15) is 5.15 Å². The minimum atomic E-state index is 0.326. The van der Waals surface area contributed by atoms with Crippen molar-refractivity contribution < 1.29 is 5.21 Å². The highest BCUT2D eigenvalue weighted by molar-refractivity contribution is 6.30. The maximum Gasteiger partial charge on any atom is 0.133 e. The van der Waals surface area contributed by atoms with Gasteiger partial charge in [-0.3, -0.25) is 0 Å². The first-order chi connectivity index (χ1) is 4.84. The molecule has 0 atom stereocenters. The van der Waals surface area contributed by atoms with Gasteiger partial charge in [0, 0.05) is 18.3 Å². The molecule has 0 amide bonds. The van der Waals surface area contributed by atoms with Crippen LogP contribution in [0.1, 0.15) is 5.56 Å². The van der Waals surface area contributed by atoms with E-state index < -0.39 is 0 Å². The molecule has 0 saturated carbocycles. The molecule has 0 unspecified atom stereocenters. The van der Waals surface area contributed by atoms with E-state index in [0.29, 0.717) is 11.7 Å². The Bertz CT molecular complexity index is 217. The van der Waals surface area contributed by atoms with Crippen molar-refractivity contribution >= 4 is 11.6 Å². The fourth-order valence-electron chi connectivity index (χ4n) is 0.636. The number of aromatic nitrogens is 1. The Kier molecular flexibility index (Phi) is 2.62. The van der Waals surface area contributed by atoms with Gasteiger partial charge in [-0.25, -0.2) is 10.5 Å². The first-order valence-corrected chi connectivity index (χ1v) is 3.18. The van der Waals surface area contributed by atoms with E-state index in [2.05, 4.69) is 4.98 Å². The smallest absolute Gasteiger partial charge is 0.133 e. The van der Waals surface area contributed by atoms with Crippen LogP contribution in [0, 0.1) is 0 Å². The van der Waals surface area contributed by atoms with Gasteiger partial charge in [-0.2, -0.15) is 0 Å². The Morgan fingerprint density at radius 2 is 2.50 bits per heavy atom. The van der Waals surface area contributed by atoms with Gasteiger partial charge in [0.15, 0.2) is 0 Å². The first kappa shape index (κ1) is 7.47. The fourth-order valence-corrected chi connectivity index (χ4v) is 0.823. The normalized spacial score (nSPS) is 9.80. The molecular formula is C6H7ClN2O. The standard InChI is InChI=1S/C6H7ClN2O/c7-6-5(4-9-10)2-1-3-8-6/h1-3,9-10H,4H2. The van der Waals surface area contributed by atoms with Crippen molar-refractivity contribution in [2.45, 2.75) is 6.54 Å². The Morgan fingerprint density at radius 1 is 1.70 bits per heavy atom. The predicted octanol–water partition coefficient (Wildman–Crippen LogP) is 1.21. The van der Waals surface area contributed by atoms with Gasteiger partial charge in [0.05, 0.1) is 0 Å². The van der Waals surface area contributed by atoms with Crippen LogP contribution in [0.25, 0.3) is 0 Å². The lowest BCUT2D eigenvalue weighted by atomic mass is 10.3. The summed E-state index contributed by atoms with van der Waals surface area (Å²) in [6, 6.07) is 3.55. The topological polar surface area (TPSA) is 45.1 Å². The molecular weight excluding hydrogens is 152 g/mol. The maximum atomic E-state index is 8.31. The Hall–Kier alpha value is -0.640. The molecule has 1 heterocycles. The van der Waals surface area contributed by atoms with E-state index in [1.807, 2.05) is 5.48 Å². The van der Waals surface area contributed by atoms with Gasteiger partial charge in [-0.1, -0.05) is 17.7 Å². The molecule has 0 aliphatic rings. The van der Waals surface area contributed by atoms with E-state index >= 15 is 0 Å². The minimum Gasteiger partial charge on any atom is -0.316 e. The summed E-state index contributed by atoms with van der Waals surface area (Å²) in [5.41, 5.74) is 2.78. The highest BCUT2D eigenvalue weighted by Crippen LogP contribution is 2.09. The summed E-state index contributed by atoms with van der Waals surface area (Å²) < 4.78 is 0. The molecule has 0 saturated heterocycles. The average molecular weight is 159 g/mol. The van der Waals surface area contributed by atoms with Gasteiger partial charge >= 0.3 is 0 Å². The quantitative estimate of drug-likeness (QED) is 0.503. The molecule has 0 bridgehead atoms. The van der Waals surface area contributed by atoms with Crippen molar-refractivity contribution in [2.24, 2.45) is 0 Å². The number of pyridine rings is 1. The monoisotopic (exact) mass is 158 g/mol. The number of hydrogen-bond acceptors (Lipinski definition) is 3. The molecule has 10 heavy (non-hydrogen) atoms. The number of nitrogens with one attached hydrogen (secondary N) is 1. The van der Waals surface area contributed by atoms with E-state index in [1.54, 1.807) is 18.3 Å². The average Bonchev–Trinajstić information content (AvgIpc) is 1.94. The zero-order valence-electron chi connectivity index (χ0n) is 5.21. The van der Waals surface area contributed by atoms with Crippen molar-refractivity contribution in [3.8, 4) is 0 Å². The number of nitrogens with zero attached hydrogens (tertiary/aromatic N) is 1.